The minimum absolute atomic E-state index is 0. The first-order chi connectivity index (χ1) is 8.37. The van der Waals surface area contributed by atoms with Gasteiger partial charge in [0.2, 0.25) is 0 Å². The standard InChI is InChI=1S/C10H27Si3.C6H5.Zn/c1-11(2,3)10(12(4,5)6)13(7,8)9;1-2-4-6-5-3-1;/h1-9H3;1-5H;/q2*-1;+2. The van der Waals surface area contributed by atoms with Crippen LogP contribution in [0.1, 0.15) is 0 Å². The van der Waals surface area contributed by atoms with Gasteiger partial charge in [0.1, 0.15) is 0 Å². The van der Waals surface area contributed by atoms with E-state index in [-0.39, 0.29) is 19.5 Å². The molecule has 1 aromatic rings. The molecule has 0 unspecified atom stereocenters. The van der Waals surface area contributed by atoms with Crippen LogP contribution in [0.15, 0.2) is 30.3 Å². The topological polar surface area (TPSA) is 0 Å². The van der Waals surface area contributed by atoms with Crippen LogP contribution in [0.5, 0.6) is 0 Å². The second-order valence-electron chi connectivity index (χ2n) is 8.20. The van der Waals surface area contributed by atoms with Crippen LogP contribution in [0.25, 0.3) is 0 Å². The fourth-order valence-electron chi connectivity index (χ4n) is 3.72. The van der Waals surface area contributed by atoms with Gasteiger partial charge in [0.25, 0.3) is 0 Å². The van der Waals surface area contributed by atoms with E-state index in [2.05, 4.69) is 69.8 Å². The SMILES string of the molecule is C[Si](C)(C)[C-]([Si](C)(C)C)[Si](C)(C)C.[Zn+2].[c-]1ccccc1. The Bertz CT molecular complexity index is 285. The largest absolute Gasteiger partial charge is 2.00 e. The molecule has 110 valence electrons. The van der Waals surface area contributed by atoms with E-state index in [1.807, 2.05) is 30.3 Å². The van der Waals surface area contributed by atoms with Crippen molar-refractivity contribution in [2.45, 2.75) is 58.9 Å². The first kappa shape index (κ1) is 22.8. The molecule has 20 heavy (non-hydrogen) atoms. The fourth-order valence-corrected chi connectivity index (χ4v) is 30.7. The molecule has 0 fully saturated rings. The maximum absolute atomic E-state index is 2.89. The van der Waals surface area contributed by atoms with Crippen molar-refractivity contribution in [2.24, 2.45) is 0 Å². The smallest absolute Gasteiger partial charge is 0.311 e. The maximum Gasteiger partial charge on any atom is 2.00 e. The summed E-state index contributed by atoms with van der Waals surface area (Å²) in [7, 11) is -3.05. The fraction of sp³-hybridized carbons (Fsp3) is 0.562. The Morgan fingerprint density at radius 2 is 0.900 bits per heavy atom. The zero-order valence-electron chi connectivity index (χ0n) is 15.1. The van der Waals surface area contributed by atoms with Crippen LogP contribution >= 0.6 is 0 Å². The van der Waals surface area contributed by atoms with Gasteiger partial charge in [-0.05, 0) is 0 Å². The first-order valence-corrected chi connectivity index (χ1v) is 17.7. The molecule has 0 saturated carbocycles. The van der Waals surface area contributed by atoms with Gasteiger partial charge in [0.05, 0.1) is 0 Å². The van der Waals surface area contributed by atoms with Crippen molar-refractivity contribution in [3.8, 4) is 0 Å². The third kappa shape index (κ3) is 9.43. The molecule has 0 heterocycles. The van der Waals surface area contributed by atoms with Gasteiger partial charge in [-0.2, -0.15) is 36.4 Å². The molecule has 0 aliphatic rings. The van der Waals surface area contributed by atoms with E-state index in [9.17, 15) is 0 Å². The van der Waals surface area contributed by atoms with Gasteiger partial charge in [-0.15, -0.1) is 24.2 Å². The summed E-state index contributed by atoms with van der Waals surface area (Å²) in [6.45, 7) is 22.7. The van der Waals surface area contributed by atoms with Gasteiger partial charge in [0.15, 0.2) is 0 Å². The molecular formula is C16H32Si3Zn. The van der Waals surface area contributed by atoms with Crippen molar-refractivity contribution in [1.82, 2.24) is 0 Å². The van der Waals surface area contributed by atoms with Crippen molar-refractivity contribution in [3.63, 3.8) is 0 Å². The van der Waals surface area contributed by atoms with Gasteiger partial charge in [-0.3, -0.25) is 0 Å². The monoisotopic (exact) mass is 372 g/mol. The van der Waals surface area contributed by atoms with E-state index in [0.29, 0.717) is 0 Å². The maximum atomic E-state index is 2.89. The van der Waals surface area contributed by atoms with Gasteiger partial charge >= 0.3 is 19.5 Å². The van der Waals surface area contributed by atoms with E-state index in [4.69, 9.17) is 0 Å². The van der Waals surface area contributed by atoms with E-state index < -0.39 is 24.2 Å². The average molecular weight is 374 g/mol. The molecule has 0 atom stereocenters. The van der Waals surface area contributed by atoms with Crippen molar-refractivity contribution in [2.75, 3.05) is 0 Å². The molecule has 0 amide bonds. The molecule has 1 rings (SSSR count). The Morgan fingerprint density at radius 3 is 0.950 bits per heavy atom. The van der Waals surface area contributed by atoms with Crippen molar-refractivity contribution in [3.05, 3.63) is 41.2 Å². The Hall–Kier alpha value is 0.494. The van der Waals surface area contributed by atoms with Crippen LogP contribution < -0.4 is 0 Å². The molecule has 0 spiro atoms. The quantitative estimate of drug-likeness (QED) is 0.472. The van der Waals surface area contributed by atoms with Crippen molar-refractivity contribution in [1.29, 1.82) is 0 Å². The number of rotatable bonds is 3. The summed E-state index contributed by atoms with van der Waals surface area (Å²) in [6, 6.07) is 12.5. The Kier molecular flexibility index (Phi) is 10.0. The molecule has 0 aliphatic heterocycles. The summed E-state index contributed by atoms with van der Waals surface area (Å²) < 4.78 is 0. The molecule has 0 saturated heterocycles. The summed E-state index contributed by atoms with van der Waals surface area (Å²) in [5.74, 6) is 0. The molecule has 0 radical (unpaired) electrons. The second-order valence-corrected chi connectivity index (χ2v) is 24.7. The molecule has 4 heteroatoms. The zero-order valence-corrected chi connectivity index (χ0v) is 21.1. The van der Waals surface area contributed by atoms with Crippen LogP contribution in [0.2, 0.25) is 58.9 Å². The van der Waals surface area contributed by atoms with E-state index >= 15 is 0 Å². The van der Waals surface area contributed by atoms with Crippen molar-refractivity contribution >= 4 is 24.2 Å². The predicted molar refractivity (Wildman–Crippen MR) is 98.6 cm³/mol. The van der Waals surface area contributed by atoms with Gasteiger partial charge < -0.3 is 4.79 Å². The van der Waals surface area contributed by atoms with Gasteiger partial charge in [-0.25, -0.2) is 0 Å². The number of hydrogen-bond acceptors (Lipinski definition) is 0. The molecule has 0 aliphatic carbocycles. The van der Waals surface area contributed by atoms with E-state index in [1.165, 1.54) is 0 Å². The molecule has 0 nitrogen and oxygen atoms in total. The van der Waals surface area contributed by atoms with Crippen LogP contribution in [0, 0.1) is 10.9 Å². The van der Waals surface area contributed by atoms with E-state index in [0.717, 1.165) is 0 Å². The van der Waals surface area contributed by atoms with Gasteiger partial charge in [0, 0.05) is 0 Å². The Balaban J connectivity index is 0. The van der Waals surface area contributed by atoms with Crippen LogP contribution in [0.4, 0.5) is 0 Å². The predicted octanol–water partition coefficient (Wildman–Crippen LogP) is 5.68. The molecule has 0 bridgehead atoms. The number of benzene rings is 1. The third-order valence-corrected chi connectivity index (χ3v) is 20.9. The van der Waals surface area contributed by atoms with Crippen LogP contribution in [-0.4, -0.2) is 24.2 Å². The molecular weight excluding hydrogens is 342 g/mol. The summed E-state index contributed by atoms with van der Waals surface area (Å²) in [5, 5.41) is 0. The van der Waals surface area contributed by atoms with Crippen LogP contribution in [0.3, 0.4) is 0 Å². The molecule has 0 N–H and O–H groups in total. The second kappa shape index (κ2) is 8.82. The van der Waals surface area contributed by atoms with E-state index in [1.54, 1.807) is 0 Å². The Morgan fingerprint density at radius 1 is 0.600 bits per heavy atom. The minimum Gasteiger partial charge on any atom is -0.311 e. The molecule has 0 aromatic heterocycles. The summed E-state index contributed by atoms with van der Waals surface area (Å²) in [6.07, 6.45) is 0. The average Bonchev–Trinajstić information content (AvgIpc) is 2.13. The van der Waals surface area contributed by atoms with Gasteiger partial charge in [-0.1, -0.05) is 58.9 Å². The summed E-state index contributed by atoms with van der Waals surface area (Å²) in [5.41, 5.74) is 0. The minimum atomic E-state index is -1.02. The Labute approximate surface area is 143 Å². The zero-order chi connectivity index (χ0) is 15.3. The summed E-state index contributed by atoms with van der Waals surface area (Å²) in [4.78, 5) is 2.06. The first-order valence-electron chi connectivity index (χ1n) is 7.16. The number of hydrogen-bond donors (Lipinski definition) is 0. The molecule has 1 aromatic carbocycles. The normalized spacial score (nSPS) is 12.3. The van der Waals surface area contributed by atoms with Crippen molar-refractivity contribution < 1.29 is 19.5 Å². The van der Waals surface area contributed by atoms with Crippen LogP contribution in [-0.2, 0) is 19.5 Å². The summed E-state index contributed by atoms with van der Waals surface area (Å²) >= 11 is 0. The third-order valence-electron chi connectivity index (χ3n) is 2.86.